The van der Waals surface area contributed by atoms with Crippen molar-refractivity contribution >= 4 is 23.5 Å². The van der Waals surface area contributed by atoms with E-state index in [1.165, 1.54) is 6.42 Å². The van der Waals surface area contributed by atoms with Crippen molar-refractivity contribution < 1.29 is 14.3 Å². The van der Waals surface area contributed by atoms with E-state index in [-0.39, 0.29) is 24.5 Å². The number of carbonyl (C=O) groups is 2. The van der Waals surface area contributed by atoms with Gasteiger partial charge in [-0.25, -0.2) is 0 Å². The van der Waals surface area contributed by atoms with Crippen LogP contribution in [0, 0.1) is 5.92 Å². The van der Waals surface area contributed by atoms with Crippen molar-refractivity contribution in [1.82, 2.24) is 5.32 Å². The summed E-state index contributed by atoms with van der Waals surface area (Å²) in [6.45, 7) is 1.97. The van der Waals surface area contributed by atoms with Gasteiger partial charge in [0.25, 0.3) is 5.91 Å². The molecule has 2 saturated carbocycles. The van der Waals surface area contributed by atoms with E-state index in [2.05, 4.69) is 12.2 Å². The zero-order valence-electron chi connectivity index (χ0n) is 14.0. The number of esters is 1. The van der Waals surface area contributed by atoms with Gasteiger partial charge in [-0.05, 0) is 49.3 Å². The maximum absolute atomic E-state index is 12.4. The van der Waals surface area contributed by atoms with Gasteiger partial charge >= 0.3 is 5.97 Å². The van der Waals surface area contributed by atoms with Gasteiger partial charge in [-0.2, -0.15) is 0 Å². The van der Waals surface area contributed by atoms with E-state index in [1.54, 1.807) is 12.1 Å². The molecule has 0 bridgehead atoms. The van der Waals surface area contributed by atoms with Gasteiger partial charge in [0.1, 0.15) is 0 Å². The highest BCUT2D eigenvalue weighted by Crippen LogP contribution is 2.49. The van der Waals surface area contributed by atoms with Crippen LogP contribution in [0.15, 0.2) is 24.3 Å². The molecule has 0 spiro atoms. The summed E-state index contributed by atoms with van der Waals surface area (Å²) in [5.41, 5.74) is 0.335. The number of rotatable bonds is 5. The topological polar surface area (TPSA) is 55.4 Å². The van der Waals surface area contributed by atoms with E-state index in [4.69, 9.17) is 16.3 Å². The molecule has 130 valence electrons. The molecule has 0 heterocycles. The van der Waals surface area contributed by atoms with Gasteiger partial charge in [0, 0.05) is 11.1 Å². The highest BCUT2D eigenvalue weighted by atomic mass is 35.5. The summed E-state index contributed by atoms with van der Waals surface area (Å²) < 4.78 is 5.31. The Balaban J connectivity index is 1.52. The van der Waals surface area contributed by atoms with Crippen LogP contribution in [-0.2, 0) is 19.7 Å². The first-order valence-corrected chi connectivity index (χ1v) is 9.12. The molecule has 4 nitrogen and oxygen atoms in total. The number of ether oxygens (including phenoxy) is 1. The number of halogens is 1. The maximum atomic E-state index is 12.4. The normalized spacial score (nSPS) is 24.9. The lowest BCUT2D eigenvalue weighted by Crippen LogP contribution is -2.43. The van der Waals surface area contributed by atoms with Gasteiger partial charge in [0.05, 0.1) is 5.41 Å². The van der Waals surface area contributed by atoms with E-state index in [0.29, 0.717) is 10.9 Å². The molecule has 24 heavy (non-hydrogen) atoms. The average Bonchev–Trinajstić information content (AvgIpc) is 3.37. The Kier molecular flexibility index (Phi) is 5.14. The van der Waals surface area contributed by atoms with Crippen LogP contribution in [0.2, 0.25) is 5.02 Å². The summed E-state index contributed by atoms with van der Waals surface area (Å²) in [7, 11) is 0. The van der Waals surface area contributed by atoms with Gasteiger partial charge in [-0.15, -0.1) is 0 Å². The SMILES string of the molecule is C[C@@H]1CCCC[C@@H]1NC(=O)COC(=O)C1(c2ccc(Cl)cc2)CC1. The molecule has 0 aromatic heterocycles. The fourth-order valence-corrected chi connectivity index (χ4v) is 3.68. The quantitative estimate of drug-likeness (QED) is 0.826. The number of hydrogen-bond donors (Lipinski definition) is 1. The number of carbonyl (C=O) groups excluding carboxylic acids is 2. The van der Waals surface area contributed by atoms with Crippen molar-refractivity contribution in [2.45, 2.75) is 56.9 Å². The number of amides is 1. The summed E-state index contributed by atoms with van der Waals surface area (Å²) in [6.07, 6.45) is 6.05. The second-order valence-corrected chi connectivity index (χ2v) is 7.54. The molecule has 2 aliphatic carbocycles. The number of nitrogens with one attached hydrogen (secondary N) is 1. The first kappa shape index (κ1) is 17.3. The first-order valence-electron chi connectivity index (χ1n) is 8.74. The summed E-state index contributed by atoms with van der Waals surface area (Å²) in [5.74, 6) is -0.0204. The van der Waals surface area contributed by atoms with Crippen LogP contribution in [0.4, 0.5) is 0 Å². The molecule has 0 saturated heterocycles. The average molecular weight is 350 g/mol. The molecule has 2 fully saturated rings. The van der Waals surface area contributed by atoms with Crippen LogP contribution in [0.25, 0.3) is 0 Å². The van der Waals surface area contributed by atoms with Crippen LogP contribution in [0.5, 0.6) is 0 Å². The van der Waals surface area contributed by atoms with Crippen LogP contribution in [-0.4, -0.2) is 24.5 Å². The third kappa shape index (κ3) is 3.75. The predicted molar refractivity (Wildman–Crippen MR) is 92.9 cm³/mol. The fraction of sp³-hybridized carbons (Fsp3) is 0.579. The minimum Gasteiger partial charge on any atom is -0.455 e. The molecule has 1 N–H and O–H groups in total. The molecular formula is C19H24ClNO3. The Bertz CT molecular complexity index is 610. The van der Waals surface area contributed by atoms with Crippen molar-refractivity contribution in [2.75, 3.05) is 6.61 Å². The van der Waals surface area contributed by atoms with Crippen molar-refractivity contribution in [3.05, 3.63) is 34.9 Å². The Morgan fingerprint density at radius 2 is 1.88 bits per heavy atom. The van der Waals surface area contributed by atoms with Crippen molar-refractivity contribution in [2.24, 2.45) is 5.92 Å². The summed E-state index contributed by atoms with van der Waals surface area (Å²) in [5, 5.41) is 3.65. The summed E-state index contributed by atoms with van der Waals surface area (Å²) >= 11 is 5.90. The lowest BCUT2D eigenvalue weighted by Gasteiger charge is -2.29. The molecule has 0 unspecified atom stereocenters. The van der Waals surface area contributed by atoms with Crippen LogP contribution < -0.4 is 5.32 Å². The third-order valence-corrected chi connectivity index (χ3v) is 5.58. The molecule has 1 aromatic carbocycles. The van der Waals surface area contributed by atoms with Gasteiger partial charge in [-0.1, -0.05) is 43.5 Å². The van der Waals surface area contributed by atoms with E-state index in [1.807, 2.05) is 12.1 Å². The Morgan fingerprint density at radius 1 is 1.21 bits per heavy atom. The number of hydrogen-bond acceptors (Lipinski definition) is 3. The molecular weight excluding hydrogens is 326 g/mol. The minimum absolute atomic E-state index is 0.197. The summed E-state index contributed by atoms with van der Waals surface area (Å²) in [6, 6.07) is 7.49. The lowest BCUT2D eigenvalue weighted by atomic mass is 9.86. The first-order chi connectivity index (χ1) is 11.5. The van der Waals surface area contributed by atoms with E-state index in [0.717, 1.165) is 37.7 Å². The number of benzene rings is 1. The zero-order chi connectivity index (χ0) is 17.2. The van der Waals surface area contributed by atoms with E-state index < -0.39 is 5.41 Å². The summed E-state index contributed by atoms with van der Waals surface area (Å²) in [4.78, 5) is 24.5. The molecule has 5 heteroatoms. The Hall–Kier alpha value is -1.55. The largest absolute Gasteiger partial charge is 0.455 e. The highest BCUT2D eigenvalue weighted by Gasteiger charge is 2.52. The van der Waals surface area contributed by atoms with Crippen molar-refractivity contribution in [1.29, 1.82) is 0 Å². The van der Waals surface area contributed by atoms with E-state index >= 15 is 0 Å². The van der Waals surface area contributed by atoms with Crippen LogP contribution >= 0.6 is 11.6 Å². The van der Waals surface area contributed by atoms with Gasteiger partial charge in [0.2, 0.25) is 0 Å². The fourth-order valence-electron chi connectivity index (χ4n) is 3.55. The smallest absolute Gasteiger partial charge is 0.317 e. The van der Waals surface area contributed by atoms with Gasteiger partial charge < -0.3 is 10.1 Å². The standard InChI is InChI=1S/C19H24ClNO3/c1-13-4-2-3-5-16(13)21-17(22)12-24-18(23)19(10-11-19)14-6-8-15(20)9-7-14/h6-9,13,16H,2-5,10-12H2,1H3,(H,21,22)/t13-,16+/m1/s1. The molecule has 2 atom stereocenters. The monoisotopic (exact) mass is 349 g/mol. The van der Waals surface area contributed by atoms with Crippen LogP contribution in [0.1, 0.15) is 51.0 Å². The minimum atomic E-state index is -0.580. The maximum Gasteiger partial charge on any atom is 0.317 e. The molecule has 1 aromatic rings. The van der Waals surface area contributed by atoms with Gasteiger partial charge in [-0.3, -0.25) is 9.59 Å². The van der Waals surface area contributed by atoms with Crippen molar-refractivity contribution in [3.63, 3.8) is 0 Å². The predicted octanol–water partition coefficient (Wildman–Crippen LogP) is 3.61. The second kappa shape index (κ2) is 7.14. The lowest BCUT2D eigenvalue weighted by molar-refractivity contribution is -0.151. The third-order valence-electron chi connectivity index (χ3n) is 5.33. The molecule has 1 amide bonds. The second-order valence-electron chi connectivity index (χ2n) is 7.10. The Morgan fingerprint density at radius 3 is 2.50 bits per heavy atom. The molecule has 2 aliphatic rings. The Labute approximate surface area is 147 Å². The van der Waals surface area contributed by atoms with Gasteiger partial charge in [0.15, 0.2) is 6.61 Å². The molecule has 0 radical (unpaired) electrons. The highest BCUT2D eigenvalue weighted by molar-refractivity contribution is 6.30. The zero-order valence-corrected chi connectivity index (χ0v) is 14.8. The van der Waals surface area contributed by atoms with E-state index in [9.17, 15) is 9.59 Å². The molecule has 0 aliphatic heterocycles. The molecule has 3 rings (SSSR count). The van der Waals surface area contributed by atoms with Crippen molar-refractivity contribution in [3.8, 4) is 0 Å². The van der Waals surface area contributed by atoms with Crippen LogP contribution in [0.3, 0.4) is 0 Å².